The van der Waals surface area contributed by atoms with E-state index in [0.717, 1.165) is 46.6 Å². The lowest BCUT2D eigenvalue weighted by Gasteiger charge is -2.18. The number of H-pyrrole nitrogens is 2. The third-order valence-corrected chi connectivity index (χ3v) is 6.29. The van der Waals surface area contributed by atoms with E-state index in [0.29, 0.717) is 11.3 Å². The van der Waals surface area contributed by atoms with Gasteiger partial charge in [0.2, 0.25) is 0 Å². The Balaban J connectivity index is 1.43. The van der Waals surface area contributed by atoms with Gasteiger partial charge in [-0.15, -0.1) is 0 Å². The second-order valence-corrected chi connectivity index (χ2v) is 8.06. The van der Waals surface area contributed by atoms with Gasteiger partial charge in [0.1, 0.15) is 11.5 Å². The molecule has 0 aliphatic carbocycles. The number of hydrogen-bond donors (Lipinski definition) is 3. The summed E-state index contributed by atoms with van der Waals surface area (Å²) in [5.74, 6) is 1.18. The molecule has 0 radical (unpaired) electrons. The van der Waals surface area contributed by atoms with E-state index in [1.807, 2.05) is 42.6 Å². The average molecular weight is 407 g/mol. The molecule has 4 heterocycles. The molecule has 6 heteroatoms. The number of aromatic nitrogens is 4. The maximum absolute atomic E-state index is 13.1. The highest BCUT2D eigenvalue weighted by Crippen LogP contribution is 2.34. The molecule has 0 saturated carbocycles. The summed E-state index contributed by atoms with van der Waals surface area (Å²) >= 11 is 0. The zero-order chi connectivity index (χ0) is 20.8. The highest BCUT2D eigenvalue weighted by molar-refractivity contribution is 5.95. The zero-order valence-electron chi connectivity index (χ0n) is 16.8. The van der Waals surface area contributed by atoms with Crippen molar-refractivity contribution in [2.75, 3.05) is 13.1 Å². The topological polar surface area (TPSA) is 86.5 Å². The van der Waals surface area contributed by atoms with Crippen LogP contribution in [0.1, 0.15) is 23.2 Å². The van der Waals surface area contributed by atoms with Crippen molar-refractivity contribution in [3.8, 4) is 11.1 Å². The fourth-order valence-electron chi connectivity index (χ4n) is 4.73. The summed E-state index contributed by atoms with van der Waals surface area (Å²) in [5, 5.41) is 5.09. The minimum absolute atomic E-state index is 0.0973. The third kappa shape index (κ3) is 3.04. The first-order valence-electron chi connectivity index (χ1n) is 10.5. The van der Waals surface area contributed by atoms with Crippen LogP contribution >= 0.6 is 0 Å². The van der Waals surface area contributed by atoms with Crippen LogP contribution < -0.4 is 10.9 Å². The molecule has 1 aliphatic heterocycles. The Hall–Kier alpha value is -3.77. The van der Waals surface area contributed by atoms with Crippen molar-refractivity contribution in [3.63, 3.8) is 0 Å². The number of pyridine rings is 1. The number of nitrogens with one attached hydrogen (secondary N) is 3. The van der Waals surface area contributed by atoms with E-state index in [1.54, 1.807) is 6.20 Å². The molecule has 0 spiro atoms. The van der Waals surface area contributed by atoms with Gasteiger partial charge in [0.05, 0.1) is 10.9 Å². The Bertz CT molecular complexity index is 1450. The van der Waals surface area contributed by atoms with Gasteiger partial charge in [-0.25, -0.2) is 9.97 Å². The lowest BCUT2D eigenvalue weighted by molar-refractivity contribution is 0.627. The quantitative estimate of drug-likeness (QED) is 0.423. The average Bonchev–Trinajstić information content (AvgIpc) is 3.49. The summed E-state index contributed by atoms with van der Waals surface area (Å²) in [5.41, 5.74) is 4.75. The maximum Gasteiger partial charge on any atom is 0.258 e. The summed E-state index contributed by atoms with van der Waals surface area (Å²) in [6, 6.07) is 20.3. The first kappa shape index (κ1) is 18.0. The Morgan fingerprint density at radius 1 is 0.903 bits per heavy atom. The van der Waals surface area contributed by atoms with E-state index in [-0.39, 0.29) is 11.5 Å². The van der Waals surface area contributed by atoms with Crippen LogP contribution in [0.3, 0.4) is 0 Å². The fourth-order valence-corrected chi connectivity index (χ4v) is 4.73. The van der Waals surface area contributed by atoms with E-state index < -0.39 is 0 Å². The number of fused-ring (bicyclic) bond motifs is 2. The smallest absolute Gasteiger partial charge is 0.258 e. The van der Waals surface area contributed by atoms with E-state index >= 15 is 0 Å². The molecule has 0 bridgehead atoms. The summed E-state index contributed by atoms with van der Waals surface area (Å²) in [4.78, 5) is 28.5. The summed E-state index contributed by atoms with van der Waals surface area (Å²) in [7, 11) is 0. The van der Waals surface area contributed by atoms with Crippen molar-refractivity contribution in [2.45, 2.75) is 11.8 Å². The fraction of sp³-hybridized carbons (Fsp3) is 0.160. The number of rotatable bonds is 3. The Kier molecular flexibility index (Phi) is 4.18. The van der Waals surface area contributed by atoms with Crippen LogP contribution in [0.25, 0.3) is 33.1 Å². The molecule has 31 heavy (non-hydrogen) atoms. The van der Waals surface area contributed by atoms with E-state index in [1.165, 1.54) is 5.56 Å². The van der Waals surface area contributed by atoms with Crippen molar-refractivity contribution in [3.05, 3.63) is 94.8 Å². The molecule has 3 N–H and O–H groups in total. The molecule has 6 nitrogen and oxygen atoms in total. The second kappa shape index (κ2) is 7.18. The minimum atomic E-state index is -0.0973. The maximum atomic E-state index is 13.1. The molecule has 2 aromatic carbocycles. The SMILES string of the molecule is O=c1[nH]c(C2CNCC2c2ccccc2)nc2ccc(-c3ccnc4[nH]ccc34)cc12. The van der Waals surface area contributed by atoms with Gasteiger partial charge in [-0.2, -0.15) is 0 Å². The summed E-state index contributed by atoms with van der Waals surface area (Å²) in [6.45, 7) is 1.68. The highest BCUT2D eigenvalue weighted by Gasteiger charge is 2.31. The normalized spacial score (nSPS) is 18.7. The lowest BCUT2D eigenvalue weighted by Crippen LogP contribution is -2.19. The van der Waals surface area contributed by atoms with Gasteiger partial charge in [-0.3, -0.25) is 4.79 Å². The molecule has 2 unspecified atom stereocenters. The van der Waals surface area contributed by atoms with Gasteiger partial charge in [0.25, 0.3) is 5.56 Å². The molecule has 1 aliphatic rings. The zero-order valence-corrected chi connectivity index (χ0v) is 16.8. The number of nitrogens with zero attached hydrogens (tertiary/aromatic N) is 2. The summed E-state index contributed by atoms with van der Waals surface area (Å²) < 4.78 is 0. The van der Waals surface area contributed by atoms with Crippen molar-refractivity contribution in [1.29, 1.82) is 0 Å². The Morgan fingerprint density at radius 2 is 1.77 bits per heavy atom. The standard InChI is InChI=1S/C25H21N5O/c31-25-19-12-16(17-8-10-27-23-18(17)9-11-28-23)6-7-22(19)29-24(30-25)21-14-26-13-20(21)15-4-2-1-3-5-15/h1-12,20-21,26H,13-14H2,(H,27,28)(H,29,30,31). The van der Waals surface area contributed by atoms with Crippen molar-refractivity contribution >= 4 is 21.9 Å². The van der Waals surface area contributed by atoms with E-state index in [2.05, 4.69) is 44.5 Å². The number of aromatic amines is 2. The molecule has 2 atom stereocenters. The highest BCUT2D eigenvalue weighted by atomic mass is 16.1. The molecule has 5 aromatic rings. The first-order chi connectivity index (χ1) is 15.3. The predicted octanol–water partition coefficient (Wildman–Crippen LogP) is 3.94. The molecular weight excluding hydrogens is 386 g/mol. The number of benzene rings is 2. The van der Waals surface area contributed by atoms with Crippen LogP contribution in [0, 0.1) is 0 Å². The summed E-state index contributed by atoms with van der Waals surface area (Å²) in [6.07, 6.45) is 3.66. The van der Waals surface area contributed by atoms with E-state index in [9.17, 15) is 4.79 Å². The van der Waals surface area contributed by atoms with Gasteiger partial charge in [-0.1, -0.05) is 36.4 Å². The Morgan fingerprint density at radius 3 is 2.68 bits per heavy atom. The van der Waals surface area contributed by atoms with E-state index in [4.69, 9.17) is 4.98 Å². The van der Waals surface area contributed by atoms with Gasteiger partial charge < -0.3 is 15.3 Å². The van der Waals surface area contributed by atoms with Crippen LogP contribution in [0.15, 0.2) is 77.9 Å². The molecule has 6 rings (SSSR count). The van der Waals surface area contributed by atoms with Crippen LogP contribution in [-0.2, 0) is 0 Å². The third-order valence-electron chi connectivity index (χ3n) is 6.29. The predicted molar refractivity (Wildman–Crippen MR) is 122 cm³/mol. The van der Waals surface area contributed by atoms with Crippen molar-refractivity contribution in [2.24, 2.45) is 0 Å². The Labute approximate surface area is 178 Å². The van der Waals surface area contributed by atoms with Crippen molar-refractivity contribution in [1.82, 2.24) is 25.3 Å². The minimum Gasteiger partial charge on any atom is -0.346 e. The van der Waals surface area contributed by atoms with Crippen LogP contribution in [0.2, 0.25) is 0 Å². The second-order valence-electron chi connectivity index (χ2n) is 8.06. The largest absolute Gasteiger partial charge is 0.346 e. The number of hydrogen-bond acceptors (Lipinski definition) is 4. The first-order valence-corrected chi connectivity index (χ1v) is 10.5. The molecule has 0 amide bonds. The van der Waals surface area contributed by atoms with Gasteiger partial charge in [0.15, 0.2) is 0 Å². The van der Waals surface area contributed by atoms with Crippen LogP contribution in [0.5, 0.6) is 0 Å². The molecule has 1 fully saturated rings. The lowest BCUT2D eigenvalue weighted by atomic mass is 9.88. The van der Waals surface area contributed by atoms with Gasteiger partial charge in [0, 0.05) is 42.7 Å². The van der Waals surface area contributed by atoms with Crippen LogP contribution in [-0.4, -0.2) is 33.0 Å². The molecule has 152 valence electrons. The molecule has 3 aromatic heterocycles. The van der Waals surface area contributed by atoms with Gasteiger partial charge >= 0.3 is 0 Å². The van der Waals surface area contributed by atoms with Gasteiger partial charge in [-0.05, 0) is 41.0 Å². The monoisotopic (exact) mass is 407 g/mol. The molecular formula is C25H21N5O. The van der Waals surface area contributed by atoms with Crippen molar-refractivity contribution < 1.29 is 0 Å². The molecule has 1 saturated heterocycles. The van der Waals surface area contributed by atoms with Crippen LogP contribution in [0.4, 0.5) is 0 Å².